The molecule has 0 spiro atoms. The summed E-state index contributed by atoms with van der Waals surface area (Å²) in [4.78, 5) is 20.2. The number of ether oxygens (including phenoxy) is 1. The molecule has 1 aromatic heterocycles. The summed E-state index contributed by atoms with van der Waals surface area (Å²) in [6.45, 7) is 4.52. The van der Waals surface area contributed by atoms with Gasteiger partial charge in [-0.1, -0.05) is 54.9 Å². The molecule has 1 amide bonds. The van der Waals surface area contributed by atoms with Crippen molar-refractivity contribution in [3.8, 4) is 22.7 Å². The van der Waals surface area contributed by atoms with E-state index in [0.717, 1.165) is 58.5 Å². The Labute approximate surface area is 243 Å². The van der Waals surface area contributed by atoms with Crippen molar-refractivity contribution in [2.45, 2.75) is 26.4 Å². The minimum atomic E-state index is -0.194. The maximum Gasteiger partial charge on any atom is 0.286 e. The third kappa shape index (κ3) is 5.86. The molecule has 0 radical (unpaired) electrons. The number of nitrogens with zero attached hydrogens (tertiary/aromatic N) is 4. The van der Waals surface area contributed by atoms with E-state index in [0.29, 0.717) is 22.5 Å². The number of benzene rings is 3. The Hall–Kier alpha value is -3.81. The van der Waals surface area contributed by atoms with Crippen LogP contribution < -0.4 is 4.74 Å². The van der Waals surface area contributed by atoms with Crippen molar-refractivity contribution in [1.82, 2.24) is 14.7 Å². The first-order valence-corrected chi connectivity index (χ1v) is 14.6. The Morgan fingerprint density at radius 1 is 1.05 bits per heavy atom. The number of piperidine rings is 1. The lowest BCUT2D eigenvalue weighted by Gasteiger charge is -2.31. The normalized spacial score (nSPS) is 18.3. The van der Waals surface area contributed by atoms with Gasteiger partial charge in [0.2, 0.25) is 0 Å². The van der Waals surface area contributed by atoms with Crippen molar-refractivity contribution < 1.29 is 9.53 Å². The number of rotatable bonds is 6. The molecule has 1 fully saturated rings. The SMILES string of the molecule is C[C@H]1CCCN(C2=NC(=O)/C(=C/c3cn(-c4ccccc4)nc3-c3ccc(OCc4ccccc4Cl)cc3)S2)C1. The minimum Gasteiger partial charge on any atom is -0.489 e. The molecule has 202 valence electrons. The topological polar surface area (TPSA) is 59.7 Å². The summed E-state index contributed by atoms with van der Waals surface area (Å²) >= 11 is 7.73. The van der Waals surface area contributed by atoms with E-state index in [2.05, 4.69) is 16.8 Å². The molecule has 6 nitrogen and oxygen atoms in total. The summed E-state index contributed by atoms with van der Waals surface area (Å²) in [7, 11) is 0. The first-order chi connectivity index (χ1) is 19.5. The predicted molar refractivity (Wildman–Crippen MR) is 163 cm³/mol. The molecule has 0 N–H and O–H groups in total. The molecule has 2 aliphatic heterocycles. The van der Waals surface area contributed by atoms with Crippen molar-refractivity contribution >= 4 is 40.5 Å². The molecule has 3 aromatic carbocycles. The molecule has 3 heterocycles. The average molecular weight is 569 g/mol. The molecule has 0 aliphatic carbocycles. The zero-order valence-electron chi connectivity index (χ0n) is 22.2. The van der Waals surface area contributed by atoms with Crippen molar-refractivity contribution in [3.05, 3.63) is 106 Å². The fourth-order valence-electron chi connectivity index (χ4n) is 4.95. The number of hydrogen-bond acceptors (Lipinski definition) is 5. The lowest BCUT2D eigenvalue weighted by Crippen LogP contribution is -2.37. The van der Waals surface area contributed by atoms with Gasteiger partial charge >= 0.3 is 0 Å². The molecule has 4 aromatic rings. The molecular weight excluding hydrogens is 540 g/mol. The molecule has 40 heavy (non-hydrogen) atoms. The van der Waals surface area contributed by atoms with E-state index in [1.165, 1.54) is 18.2 Å². The van der Waals surface area contributed by atoms with Gasteiger partial charge in [0.05, 0.1) is 16.3 Å². The quantitative estimate of drug-likeness (QED) is 0.226. The summed E-state index contributed by atoms with van der Waals surface area (Å²) in [6.07, 6.45) is 6.23. The van der Waals surface area contributed by atoms with Gasteiger partial charge in [0, 0.05) is 41.0 Å². The summed E-state index contributed by atoms with van der Waals surface area (Å²) in [5.41, 5.74) is 4.43. The highest BCUT2D eigenvalue weighted by Gasteiger charge is 2.29. The number of hydrogen-bond donors (Lipinski definition) is 0. The number of aliphatic imine (C=N–C) groups is 1. The fourth-order valence-corrected chi connectivity index (χ4v) is 6.08. The summed E-state index contributed by atoms with van der Waals surface area (Å²) in [5.74, 6) is 1.15. The van der Waals surface area contributed by atoms with E-state index in [1.54, 1.807) is 0 Å². The van der Waals surface area contributed by atoms with Crippen LogP contribution in [0.1, 0.15) is 30.9 Å². The number of para-hydroxylation sites is 1. The van der Waals surface area contributed by atoms with Crippen molar-refractivity contribution in [1.29, 1.82) is 0 Å². The zero-order valence-corrected chi connectivity index (χ0v) is 23.7. The van der Waals surface area contributed by atoms with Crippen LogP contribution in [0.4, 0.5) is 0 Å². The van der Waals surface area contributed by atoms with E-state index in [1.807, 2.05) is 95.8 Å². The first kappa shape index (κ1) is 26.4. The number of carbonyl (C=O) groups excluding carboxylic acids is 1. The Balaban J connectivity index is 1.27. The van der Waals surface area contributed by atoms with Gasteiger partial charge < -0.3 is 9.64 Å². The maximum absolute atomic E-state index is 12.9. The monoisotopic (exact) mass is 568 g/mol. The van der Waals surface area contributed by atoms with Gasteiger partial charge in [-0.15, -0.1) is 0 Å². The lowest BCUT2D eigenvalue weighted by molar-refractivity contribution is -0.113. The highest BCUT2D eigenvalue weighted by molar-refractivity contribution is 8.18. The molecule has 0 saturated carbocycles. The Morgan fingerprint density at radius 3 is 2.60 bits per heavy atom. The van der Waals surface area contributed by atoms with E-state index < -0.39 is 0 Å². The number of aromatic nitrogens is 2. The number of amides is 1. The van der Waals surface area contributed by atoms with Crippen LogP contribution in [0, 0.1) is 5.92 Å². The van der Waals surface area contributed by atoms with Crippen LogP contribution in [0.2, 0.25) is 5.02 Å². The van der Waals surface area contributed by atoms with Crippen LogP contribution in [-0.4, -0.2) is 38.8 Å². The second-order valence-corrected chi connectivity index (χ2v) is 11.5. The number of amidine groups is 1. The number of likely N-dealkylation sites (tertiary alicyclic amines) is 1. The summed E-state index contributed by atoms with van der Waals surface area (Å²) in [5, 5.41) is 6.41. The van der Waals surface area contributed by atoms with Gasteiger partial charge in [0.15, 0.2) is 5.17 Å². The summed E-state index contributed by atoms with van der Waals surface area (Å²) in [6, 6.07) is 25.5. The maximum atomic E-state index is 12.9. The number of thioether (sulfide) groups is 1. The van der Waals surface area contributed by atoms with Crippen LogP contribution >= 0.6 is 23.4 Å². The highest BCUT2D eigenvalue weighted by Crippen LogP contribution is 2.35. The van der Waals surface area contributed by atoms with Crippen molar-refractivity contribution in [2.24, 2.45) is 10.9 Å². The molecule has 8 heteroatoms. The molecule has 0 unspecified atom stereocenters. The molecule has 0 bridgehead atoms. The van der Waals surface area contributed by atoms with Gasteiger partial charge in [-0.3, -0.25) is 4.79 Å². The number of halogens is 1. The molecular formula is C32H29ClN4O2S. The fraction of sp³-hybridized carbons (Fsp3) is 0.219. The van der Waals surface area contributed by atoms with E-state index >= 15 is 0 Å². The van der Waals surface area contributed by atoms with Gasteiger partial charge in [-0.05, 0) is 79.1 Å². The van der Waals surface area contributed by atoms with Crippen LogP contribution in [0.5, 0.6) is 5.75 Å². The highest BCUT2D eigenvalue weighted by atomic mass is 35.5. The average Bonchev–Trinajstić information content (AvgIpc) is 3.57. The zero-order chi connectivity index (χ0) is 27.5. The second-order valence-electron chi connectivity index (χ2n) is 10.1. The Bertz CT molecular complexity index is 1580. The molecule has 1 saturated heterocycles. The van der Waals surface area contributed by atoms with Crippen molar-refractivity contribution in [2.75, 3.05) is 13.1 Å². The van der Waals surface area contributed by atoms with E-state index in [-0.39, 0.29) is 5.91 Å². The van der Waals surface area contributed by atoms with E-state index in [4.69, 9.17) is 21.4 Å². The third-order valence-corrected chi connectivity index (χ3v) is 8.48. The summed E-state index contributed by atoms with van der Waals surface area (Å²) < 4.78 is 7.83. The van der Waals surface area contributed by atoms with E-state index in [9.17, 15) is 4.79 Å². The number of carbonyl (C=O) groups is 1. The third-order valence-electron chi connectivity index (χ3n) is 7.07. The smallest absolute Gasteiger partial charge is 0.286 e. The standard InChI is InChI=1S/C32H29ClN4O2S/c1-22-8-7-17-36(19-22)32-34-31(38)29(40-32)18-25-20-37(26-10-3-2-4-11-26)35-30(25)23-13-15-27(16-14-23)39-21-24-9-5-6-12-28(24)33/h2-6,9-16,18,20,22H,7-8,17,19,21H2,1H3/b29-18-/t22-/m0/s1. The first-order valence-electron chi connectivity index (χ1n) is 13.4. The molecule has 1 atom stereocenters. The van der Waals surface area contributed by atoms with Crippen LogP contribution in [0.3, 0.4) is 0 Å². The van der Waals surface area contributed by atoms with Crippen LogP contribution in [0.15, 0.2) is 95.0 Å². The van der Waals surface area contributed by atoms with Gasteiger partial charge in [-0.2, -0.15) is 10.1 Å². The molecule has 2 aliphatic rings. The van der Waals surface area contributed by atoms with Crippen LogP contribution in [-0.2, 0) is 11.4 Å². The van der Waals surface area contributed by atoms with Gasteiger partial charge in [-0.25, -0.2) is 4.68 Å². The van der Waals surface area contributed by atoms with Gasteiger partial charge in [0.25, 0.3) is 5.91 Å². The van der Waals surface area contributed by atoms with Crippen LogP contribution in [0.25, 0.3) is 23.0 Å². The predicted octanol–water partition coefficient (Wildman–Crippen LogP) is 7.47. The van der Waals surface area contributed by atoms with Gasteiger partial charge in [0.1, 0.15) is 12.4 Å². The Kier molecular flexibility index (Phi) is 7.75. The second kappa shape index (κ2) is 11.7. The molecule has 6 rings (SSSR count). The van der Waals surface area contributed by atoms with Crippen molar-refractivity contribution in [3.63, 3.8) is 0 Å². The Morgan fingerprint density at radius 2 is 1.82 bits per heavy atom. The minimum absolute atomic E-state index is 0.194. The lowest BCUT2D eigenvalue weighted by atomic mass is 10.0. The largest absolute Gasteiger partial charge is 0.489 e.